The average Bonchev–Trinajstić information content (AvgIpc) is 3.06. The van der Waals surface area contributed by atoms with E-state index in [1.807, 2.05) is 59.3 Å². The lowest BCUT2D eigenvalue weighted by molar-refractivity contribution is 0.137. The molecular weight excluding hydrogens is 380 g/mol. The molecule has 0 fully saturated rings. The molecule has 0 atom stereocenters. The molecule has 1 heterocycles. The largest absolute Gasteiger partial charge is 0.543 e. The van der Waals surface area contributed by atoms with Gasteiger partial charge in [0.2, 0.25) is 8.32 Å². The molecule has 6 heteroatoms. The minimum Gasteiger partial charge on any atom is -0.543 e. The smallest absolute Gasteiger partial charge is 0.408 e. The fourth-order valence-electron chi connectivity index (χ4n) is 2.74. The van der Waals surface area contributed by atoms with E-state index in [9.17, 15) is 4.79 Å². The van der Waals surface area contributed by atoms with E-state index in [-0.39, 0.29) is 11.6 Å². The van der Waals surface area contributed by atoms with Crippen LogP contribution in [0.15, 0.2) is 60.8 Å². The van der Waals surface area contributed by atoms with Gasteiger partial charge in [-0.2, -0.15) is 0 Å². The van der Waals surface area contributed by atoms with Gasteiger partial charge in [0, 0.05) is 12.3 Å². The number of benzene rings is 2. The molecule has 0 saturated heterocycles. The van der Waals surface area contributed by atoms with Gasteiger partial charge in [0.1, 0.15) is 12.4 Å². The Morgan fingerprint density at radius 2 is 1.79 bits per heavy atom. The highest BCUT2D eigenvalue weighted by Crippen LogP contribution is 2.37. The Morgan fingerprint density at radius 3 is 2.48 bits per heavy atom. The van der Waals surface area contributed by atoms with Gasteiger partial charge >= 0.3 is 6.09 Å². The highest BCUT2D eigenvalue weighted by Gasteiger charge is 2.39. The second kappa shape index (κ2) is 8.33. The van der Waals surface area contributed by atoms with Crippen molar-refractivity contribution >= 4 is 25.3 Å². The molecule has 154 valence electrons. The Kier molecular flexibility index (Phi) is 6.03. The number of amides is 1. The van der Waals surface area contributed by atoms with Gasteiger partial charge in [-0.3, -0.25) is 0 Å². The van der Waals surface area contributed by atoms with Gasteiger partial charge in [0.05, 0.1) is 12.2 Å². The number of hydrogen-bond acceptors (Lipinski definition) is 3. The summed E-state index contributed by atoms with van der Waals surface area (Å²) < 4.78 is 13.7. The van der Waals surface area contributed by atoms with Crippen LogP contribution in [0.5, 0.6) is 5.75 Å². The minimum atomic E-state index is -1.91. The van der Waals surface area contributed by atoms with E-state index in [1.54, 1.807) is 0 Å². The van der Waals surface area contributed by atoms with E-state index in [0.717, 1.165) is 22.2 Å². The normalized spacial score (nSPS) is 12.0. The number of nitrogens with zero attached hydrogens (tertiary/aromatic N) is 1. The second-order valence-electron chi connectivity index (χ2n) is 8.77. The maximum atomic E-state index is 12.0. The number of nitrogens with one attached hydrogen (secondary N) is 1. The Balaban J connectivity index is 1.64. The number of ether oxygens (including phenoxy) is 1. The summed E-state index contributed by atoms with van der Waals surface area (Å²) in [5, 5.41) is 4.05. The fourth-order valence-corrected chi connectivity index (χ4v) is 3.76. The molecule has 3 rings (SSSR count). The van der Waals surface area contributed by atoms with E-state index < -0.39 is 14.4 Å². The van der Waals surface area contributed by atoms with Gasteiger partial charge in [-0.25, -0.2) is 4.79 Å². The summed E-state index contributed by atoms with van der Waals surface area (Å²) in [7, 11) is -1.91. The van der Waals surface area contributed by atoms with Crippen LogP contribution in [0.2, 0.25) is 18.1 Å². The molecular formula is C23H30N2O3Si. The Morgan fingerprint density at radius 1 is 1.07 bits per heavy atom. The first kappa shape index (κ1) is 21.0. The highest BCUT2D eigenvalue weighted by molar-refractivity contribution is 6.74. The zero-order chi connectivity index (χ0) is 21.1. The van der Waals surface area contributed by atoms with Crippen LogP contribution >= 0.6 is 0 Å². The Hall–Kier alpha value is -2.73. The van der Waals surface area contributed by atoms with Crippen molar-refractivity contribution in [3.05, 3.63) is 66.4 Å². The molecule has 0 spiro atoms. The first-order valence-corrected chi connectivity index (χ1v) is 12.8. The maximum absolute atomic E-state index is 12.0. The van der Waals surface area contributed by atoms with Gasteiger partial charge in [0.15, 0.2) is 0 Å². The summed E-state index contributed by atoms with van der Waals surface area (Å²) >= 11 is 0. The van der Waals surface area contributed by atoms with Crippen LogP contribution in [0.25, 0.3) is 10.9 Å². The van der Waals surface area contributed by atoms with Crippen molar-refractivity contribution < 1.29 is 14.0 Å². The molecule has 0 unspecified atom stereocenters. The number of carbonyl (C=O) groups excluding carboxylic acids is 1. The summed E-state index contributed by atoms with van der Waals surface area (Å²) in [5.41, 5.74) is 1.98. The zero-order valence-electron chi connectivity index (χ0n) is 17.9. The highest BCUT2D eigenvalue weighted by atomic mass is 28.4. The topological polar surface area (TPSA) is 52.5 Å². The third kappa shape index (κ3) is 5.20. The van der Waals surface area contributed by atoms with E-state index in [1.165, 1.54) is 0 Å². The zero-order valence-corrected chi connectivity index (χ0v) is 18.9. The summed E-state index contributed by atoms with van der Waals surface area (Å²) in [6.45, 7) is 11.7. The van der Waals surface area contributed by atoms with Gasteiger partial charge in [0.25, 0.3) is 0 Å². The average molecular weight is 411 g/mol. The molecule has 3 aromatic rings. The van der Waals surface area contributed by atoms with Crippen molar-refractivity contribution in [1.82, 2.24) is 9.88 Å². The standard InChI is InChI=1S/C23H30N2O3Si/c1-23(2,3)29(4,5)28-20-12-11-19-13-14-25(21(19)15-20)17-24-22(26)27-16-18-9-7-6-8-10-18/h6-15H,16-17H2,1-5H3,(H,24,26). The van der Waals surface area contributed by atoms with Crippen molar-refractivity contribution in [2.45, 2.75) is 52.2 Å². The summed E-state index contributed by atoms with van der Waals surface area (Å²) in [4.78, 5) is 12.0. The first-order valence-electron chi connectivity index (χ1n) is 9.88. The van der Waals surface area contributed by atoms with E-state index in [0.29, 0.717) is 6.67 Å². The lowest BCUT2D eigenvalue weighted by atomic mass is 10.2. The number of rotatable bonds is 6. The third-order valence-corrected chi connectivity index (χ3v) is 9.89. The predicted molar refractivity (Wildman–Crippen MR) is 120 cm³/mol. The van der Waals surface area contributed by atoms with E-state index >= 15 is 0 Å². The first-order chi connectivity index (χ1) is 13.7. The number of alkyl carbamates (subject to hydrolysis) is 1. The molecule has 1 aromatic heterocycles. The van der Waals surface area contributed by atoms with Gasteiger partial charge in [-0.05, 0) is 47.3 Å². The number of aromatic nitrogens is 1. The molecule has 0 aliphatic carbocycles. The number of fused-ring (bicyclic) bond motifs is 1. The maximum Gasteiger partial charge on any atom is 0.408 e. The van der Waals surface area contributed by atoms with Crippen molar-refractivity contribution in [2.24, 2.45) is 0 Å². The van der Waals surface area contributed by atoms with Crippen LogP contribution in [-0.4, -0.2) is 19.0 Å². The van der Waals surface area contributed by atoms with Crippen molar-refractivity contribution in [3.63, 3.8) is 0 Å². The van der Waals surface area contributed by atoms with Gasteiger partial charge in [-0.15, -0.1) is 0 Å². The molecule has 1 N–H and O–H groups in total. The third-order valence-electron chi connectivity index (χ3n) is 5.53. The molecule has 0 aliphatic heterocycles. The van der Waals surface area contributed by atoms with Crippen molar-refractivity contribution in [3.8, 4) is 5.75 Å². The monoisotopic (exact) mass is 410 g/mol. The quantitative estimate of drug-likeness (QED) is 0.514. The van der Waals surface area contributed by atoms with Crippen LogP contribution in [-0.2, 0) is 18.0 Å². The lowest BCUT2D eigenvalue weighted by Crippen LogP contribution is -2.43. The van der Waals surface area contributed by atoms with E-state index in [2.05, 4.69) is 45.2 Å². The molecule has 0 radical (unpaired) electrons. The van der Waals surface area contributed by atoms with Crippen LogP contribution in [0.3, 0.4) is 0 Å². The van der Waals surface area contributed by atoms with Crippen LogP contribution in [0.4, 0.5) is 4.79 Å². The van der Waals surface area contributed by atoms with Gasteiger partial charge < -0.3 is 19.0 Å². The predicted octanol–water partition coefficient (Wildman–Crippen LogP) is 5.91. The molecule has 5 nitrogen and oxygen atoms in total. The lowest BCUT2D eigenvalue weighted by Gasteiger charge is -2.36. The molecule has 0 saturated carbocycles. The van der Waals surface area contributed by atoms with Crippen LogP contribution in [0.1, 0.15) is 26.3 Å². The van der Waals surface area contributed by atoms with E-state index in [4.69, 9.17) is 9.16 Å². The van der Waals surface area contributed by atoms with Crippen LogP contribution < -0.4 is 9.74 Å². The minimum absolute atomic E-state index is 0.133. The second-order valence-corrected chi connectivity index (χ2v) is 13.5. The van der Waals surface area contributed by atoms with Crippen molar-refractivity contribution in [1.29, 1.82) is 0 Å². The summed E-state index contributed by atoms with van der Waals surface area (Å²) in [5.74, 6) is 0.871. The summed E-state index contributed by atoms with van der Waals surface area (Å²) in [6, 6.07) is 17.8. The Bertz CT molecular complexity index is 975. The fraction of sp³-hybridized carbons (Fsp3) is 0.348. The number of hydrogen-bond donors (Lipinski definition) is 1. The molecule has 1 amide bonds. The molecule has 2 aromatic carbocycles. The summed E-state index contributed by atoms with van der Waals surface area (Å²) in [6.07, 6.45) is 1.52. The Labute approximate surface area is 173 Å². The number of carbonyl (C=O) groups is 1. The van der Waals surface area contributed by atoms with Crippen LogP contribution in [0, 0.1) is 0 Å². The molecule has 29 heavy (non-hydrogen) atoms. The SMILES string of the molecule is CC(C)(C)[Si](C)(C)Oc1ccc2ccn(CNC(=O)OCc3ccccc3)c2c1. The van der Waals surface area contributed by atoms with Crippen molar-refractivity contribution in [2.75, 3.05) is 0 Å². The molecule has 0 aliphatic rings. The molecule has 0 bridgehead atoms. The van der Waals surface area contributed by atoms with Gasteiger partial charge in [-0.1, -0.05) is 51.1 Å².